The van der Waals surface area contributed by atoms with E-state index in [1.165, 1.54) is 0 Å². The average Bonchev–Trinajstić information content (AvgIpc) is 1.35. The minimum atomic E-state index is 0.106. The van der Waals surface area contributed by atoms with Gasteiger partial charge in [-0.25, -0.2) is 0 Å². The molecule has 0 atom stereocenters. The number of azide groups is 1. The Hall–Kier alpha value is -0.690. The second-order valence-corrected chi connectivity index (χ2v) is 1.30. The highest BCUT2D eigenvalue weighted by Crippen LogP contribution is 1.82. The topological polar surface area (TPSA) is 48.8 Å². The molecule has 0 fully saturated rings. The summed E-state index contributed by atoms with van der Waals surface area (Å²) < 4.78 is 0. The van der Waals surface area contributed by atoms with Crippen LogP contribution in [0.4, 0.5) is 0 Å². The van der Waals surface area contributed by atoms with Crippen LogP contribution >= 0.6 is 0 Å². The highest BCUT2D eigenvalue weighted by atomic mass is 15.1. The van der Waals surface area contributed by atoms with Gasteiger partial charge in [-0.2, -0.15) is 0 Å². The van der Waals surface area contributed by atoms with Crippen molar-refractivity contribution in [2.45, 2.75) is 19.9 Å². The van der Waals surface area contributed by atoms with Crippen molar-refractivity contribution in [1.82, 2.24) is 0 Å². The zero-order valence-electron chi connectivity index (χ0n) is 3.92. The van der Waals surface area contributed by atoms with Crippen molar-refractivity contribution in [3.05, 3.63) is 10.4 Å². The van der Waals surface area contributed by atoms with Crippen molar-refractivity contribution in [3.8, 4) is 0 Å². The second kappa shape index (κ2) is 2.54. The summed E-state index contributed by atoms with van der Waals surface area (Å²) in [6.45, 7) is 3.67. The van der Waals surface area contributed by atoms with Crippen molar-refractivity contribution in [2.75, 3.05) is 0 Å². The van der Waals surface area contributed by atoms with Gasteiger partial charge < -0.3 is 0 Å². The molecule has 0 rings (SSSR count). The van der Waals surface area contributed by atoms with Crippen LogP contribution in [0.1, 0.15) is 13.8 Å². The van der Waals surface area contributed by atoms with Gasteiger partial charge in [0.2, 0.25) is 0 Å². The average molecular weight is 85.1 g/mol. The van der Waals surface area contributed by atoms with Crippen molar-refractivity contribution in [3.63, 3.8) is 0 Å². The van der Waals surface area contributed by atoms with E-state index in [4.69, 9.17) is 5.53 Å². The fourth-order valence-corrected chi connectivity index (χ4v) is 0.103. The second-order valence-electron chi connectivity index (χ2n) is 1.30. The quantitative estimate of drug-likeness (QED) is 0.264. The Kier molecular flexibility index (Phi) is 2.25. The fraction of sp³-hybridized carbons (Fsp3) is 1.00. The zero-order valence-corrected chi connectivity index (χ0v) is 3.92. The lowest BCUT2D eigenvalue weighted by Gasteiger charge is -1.82. The molecule has 0 saturated carbocycles. The summed E-state index contributed by atoms with van der Waals surface area (Å²) in [6, 6.07) is 0.106. The Morgan fingerprint density at radius 1 is 1.67 bits per heavy atom. The normalized spacial score (nSPS) is 7.83. The smallest absolute Gasteiger partial charge is 0.0317 e. The SMILES string of the molecule is CC(C)N=[N+]=[N-]. The largest absolute Gasteiger partial charge is 0.0912 e. The van der Waals surface area contributed by atoms with Gasteiger partial charge in [-0.15, -0.1) is 0 Å². The first kappa shape index (κ1) is 5.31. The fourth-order valence-electron chi connectivity index (χ4n) is 0.103. The van der Waals surface area contributed by atoms with Crippen molar-refractivity contribution >= 4 is 0 Å². The van der Waals surface area contributed by atoms with Crippen LogP contribution in [0.15, 0.2) is 5.11 Å². The van der Waals surface area contributed by atoms with E-state index in [0.29, 0.717) is 0 Å². The molecular weight excluding hydrogens is 78.1 g/mol. The Labute approximate surface area is 36.6 Å². The molecule has 0 aromatic rings. The van der Waals surface area contributed by atoms with Gasteiger partial charge in [0.05, 0.1) is 0 Å². The number of hydrogen-bond acceptors (Lipinski definition) is 1. The molecular formula is C3H7N3. The molecule has 34 valence electrons. The molecule has 0 aromatic heterocycles. The molecule has 0 amide bonds. The van der Waals surface area contributed by atoms with E-state index in [2.05, 4.69) is 10.0 Å². The first-order chi connectivity index (χ1) is 2.77. The van der Waals surface area contributed by atoms with E-state index >= 15 is 0 Å². The van der Waals surface area contributed by atoms with Gasteiger partial charge in [-0.3, -0.25) is 0 Å². The molecule has 0 bridgehead atoms. The molecule has 6 heavy (non-hydrogen) atoms. The maximum Gasteiger partial charge on any atom is 0.0317 e. The summed E-state index contributed by atoms with van der Waals surface area (Å²) in [7, 11) is 0. The summed E-state index contributed by atoms with van der Waals surface area (Å²) in [5.74, 6) is 0. The van der Waals surface area contributed by atoms with E-state index in [1.54, 1.807) is 0 Å². The van der Waals surface area contributed by atoms with Crippen LogP contribution in [0.2, 0.25) is 0 Å². The minimum Gasteiger partial charge on any atom is -0.0912 e. The maximum absolute atomic E-state index is 7.70. The number of hydrogen-bond donors (Lipinski definition) is 0. The molecule has 0 radical (unpaired) electrons. The third-order valence-corrected chi connectivity index (χ3v) is 0.283. The van der Waals surface area contributed by atoms with Gasteiger partial charge in [0.25, 0.3) is 0 Å². The summed E-state index contributed by atoms with van der Waals surface area (Å²) in [6.07, 6.45) is 0. The molecule has 0 aliphatic heterocycles. The van der Waals surface area contributed by atoms with Crippen LogP contribution in [0.25, 0.3) is 10.4 Å². The maximum atomic E-state index is 7.70. The standard InChI is InChI=1S/C3H7N3/c1-3(2)5-6-4/h3H,1-2H3. The van der Waals surface area contributed by atoms with Crippen LogP contribution < -0.4 is 0 Å². The summed E-state index contributed by atoms with van der Waals surface area (Å²) >= 11 is 0. The molecule has 0 aliphatic carbocycles. The summed E-state index contributed by atoms with van der Waals surface area (Å²) in [5.41, 5.74) is 7.70. The van der Waals surface area contributed by atoms with Crippen LogP contribution in [-0.4, -0.2) is 6.04 Å². The van der Waals surface area contributed by atoms with Crippen LogP contribution in [0.3, 0.4) is 0 Å². The lowest BCUT2D eigenvalue weighted by atomic mass is 10.4. The molecule has 0 saturated heterocycles. The number of rotatable bonds is 1. The van der Waals surface area contributed by atoms with E-state index < -0.39 is 0 Å². The molecule has 3 heteroatoms. The van der Waals surface area contributed by atoms with E-state index in [-0.39, 0.29) is 6.04 Å². The molecule has 0 aromatic carbocycles. The molecule has 0 unspecified atom stereocenters. The molecule has 0 N–H and O–H groups in total. The Morgan fingerprint density at radius 2 is 2.17 bits per heavy atom. The first-order valence-electron chi connectivity index (χ1n) is 1.81. The van der Waals surface area contributed by atoms with E-state index in [1.807, 2.05) is 13.8 Å². The number of nitrogens with zero attached hydrogens (tertiary/aromatic N) is 3. The lowest BCUT2D eigenvalue weighted by Crippen LogP contribution is -1.81. The zero-order chi connectivity index (χ0) is 4.99. The predicted octanol–water partition coefficient (Wildman–Crippen LogP) is 1.71. The third-order valence-electron chi connectivity index (χ3n) is 0.283. The summed E-state index contributed by atoms with van der Waals surface area (Å²) in [5, 5.41) is 3.31. The van der Waals surface area contributed by atoms with Crippen LogP contribution in [0.5, 0.6) is 0 Å². The van der Waals surface area contributed by atoms with Crippen LogP contribution in [-0.2, 0) is 0 Å². The Balaban J connectivity index is 3.29. The molecule has 3 nitrogen and oxygen atoms in total. The highest BCUT2D eigenvalue weighted by Gasteiger charge is 1.78. The van der Waals surface area contributed by atoms with Gasteiger partial charge in [-0.1, -0.05) is 19.0 Å². The van der Waals surface area contributed by atoms with Crippen molar-refractivity contribution < 1.29 is 0 Å². The highest BCUT2D eigenvalue weighted by molar-refractivity contribution is 4.49. The van der Waals surface area contributed by atoms with Crippen molar-refractivity contribution in [1.29, 1.82) is 0 Å². The Bertz CT molecular complexity index is 70.1. The van der Waals surface area contributed by atoms with Gasteiger partial charge in [0.15, 0.2) is 0 Å². The van der Waals surface area contributed by atoms with E-state index in [0.717, 1.165) is 0 Å². The van der Waals surface area contributed by atoms with Gasteiger partial charge in [0.1, 0.15) is 0 Å². The minimum absolute atomic E-state index is 0.106. The lowest BCUT2D eigenvalue weighted by molar-refractivity contribution is 0.824. The van der Waals surface area contributed by atoms with Gasteiger partial charge in [0, 0.05) is 11.0 Å². The van der Waals surface area contributed by atoms with Gasteiger partial charge in [-0.05, 0) is 5.53 Å². The monoisotopic (exact) mass is 85.1 g/mol. The molecule has 0 aliphatic rings. The van der Waals surface area contributed by atoms with Gasteiger partial charge >= 0.3 is 0 Å². The van der Waals surface area contributed by atoms with Crippen molar-refractivity contribution in [2.24, 2.45) is 5.11 Å². The molecule has 0 heterocycles. The first-order valence-corrected chi connectivity index (χ1v) is 1.81. The van der Waals surface area contributed by atoms with Crippen LogP contribution in [0, 0.1) is 0 Å². The van der Waals surface area contributed by atoms with E-state index in [9.17, 15) is 0 Å². The summed E-state index contributed by atoms with van der Waals surface area (Å²) in [4.78, 5) is 2.56. The Morgan fingerprint density at radius 3 is 2.17 bits per heavy atom. The third kappa shape index (κ3) is 3.31. The molecule has 0 spiro atoms. The predicted molar refractivity (Wildman–Crippen MR) is 24.3 cm³/mol.